The Labute approximate surface area is 342 Å². The third kappa shape index (κ3) is 4.32. The van der Waals surface area contributed by atoms with Gasteiger partial charge in [-0.15, -0.1) is 0 Å². The van der Waals surface area contributed by atoms with Crippen molar-refractivity contribution in [2.75, 3.05) is 0 Å². The van der Waals surface area contributed by atoms with Gasteiger partial charge in [-0.25, -0.2) is 15.0 Å². The first-order chi connectivity index (χ1) is 29.7. The van der Waals surface area contributed by atoms with Crippen molar-refractivity contribution < 1.29 is 4.42 Å². The molecule has 0 bridgehead atoms. The summed E-state index contributed by atoms with van der Waals surface area (Å²) < 4.78 is 8.88. The molecule has 3 aromatic heterocycles. The average Bonchev–Trinajstić information content (AvgIpc) is 3.82. The van der Waals surface area contributed by atoms with E-state index in [1.165, 1.54) is 54.3 Å². The number of furan rings is 1. The third-order valence-electron chi connectivity index (χ3n) is 12.7. The first kappa shape index (κ1) is 31.9. The second-order valence-corrected chi connectivity index (χ2v) is 15.9. The Hall–Kier alpha value is -8.15. The van der Waals surface area contributed by atoms with Gasteiger partial charge in [-0.2, -0.15) is 0 Å². The van der Waals surface area contributed by atoms with Crippen LogP contribution in [0.5, 0.6) is 0 Å². The monoisotopic (exact) mass is 762 g/mol. The summed E-state index contributed by atoms with van der Waals surface area (Å²) in [6.07, 6.45) is 0. The summed E-state index contributed by atoms with van der Waals surface area (Å²) in [4.78, 5) is 15.8. The fraction of sp³-hybridized carbons (Fsp3) is 0. The van der Waals surface area contributed by atoms with E-state index in [-0.39, 0.29) is 0 Å². The summed E-state index contributed by atoms with van der Waals surface area (Å²) in [5, 5.41) is 14.2. The van der Waals surface area contributed by atoms with Gasteiger partial charge in [0.1, 0.15) is 11.2 Å². The Morgan fingerprint density at radius 1 is 0.350 bits per heavy atom. The molecule has 60 heavy (non-hydrogen) atoms. The predicted octanol–water partition coefficient (Wildman–Crippen LogP) is 14.5. The van der Waals surface area contributed by atoms with Crippen molar-refractivity contribution in [3.8, 4) is 51.0 Å². The van der Waals surface area contributed by atoms with Crippen molar-refractivity contribution in [2.24, 2.45) is 0 Å². The number of rotatable bonds is 4. The van der Waals surface area contributed by atoms with Crippen LogP contribution in [0.3, 0.4) is 0 Å². The third-order valence-corrected chi connectivity index (χ3v) is 12.7. The number of fused-ring (bicyclic) bond motifs is 4. The molecule has 276 valence electrons. The van der Waals surface area contributed by atoms with Crippen molar-refractivity contribution in [3.05, 3.63) is 182 Å². The molecule has 0 saturated heterocycles. The van der Waals surface area contributed by atoms with Gasteiger partial charge in [-0.05, 0) is 109 Å². The molecule has 0 atom stereocenters. The van der Waals surface area contributed by atoms with Gasteiger partial charge in [0.25, 0.3) is 0 Å². The minimum absolute atomic E-state index is 0.625. The van der Waals surface area contributed by atoms with Gasteiger partial charge >= 0.3 is 0 Å². The summed E-state index contributed by atoms with van der Waals surface area (Å²) >= 11 is 0. The summed E-state index contributed by atoms with van der Waals surface area (Å²) in [6, 6.07) is 64.8. The zero-order valence-electron chi connectivity index (χ0n) is 32.0. The average molecular weight is 763 g/mol. The van der Waals surface area contributed by atoms with E-state index in [4.69, 9.17) is 19.4 Å². The zero-order valence-corrected chi connectivity index (χ0v) is 32.0. The van der Waals surface area contributed by atoms with Crippen LogP contribution in [0.4, 0.5) is 0 Å². The van der Waals surface area contributed by atoms with Crippen LogP contribution in [0.2, 0.25) is 0 Å². The fourth-order valence-electron chi connectivity index (χ4n) is 10.1. The SMILES string of the molecule is c1ccc2cc(-c3nc(-c4ccc(-n5c6cccc7c6c6c8c(ccc9oc%10cccc-7c%10c98)ccc65)cc4)nc(-c4c5ccccc5cc5ccccc45)n3)ccc2c1. The maximum absolute atomic E-state index is 6.47. The topological polar surface area (TPSA) is 56.7 Å². The lowest BCUT2D eigenvalue weighted by Gasteiger charge is -2.14. The molecule has 0 unspecified atom stereocenters. The van der Waals surface area contributed by atoms with Crippen molar-refractivity contribution in [3.63, 3.8) is 0 Å². The molecule has 1 aliphatic carbocycles. The Morgan fingerprint density at radius 3 is 1.75 bits per heavy atom. The Balaban J connectivity index is 0.995. The summed E-state index contributed by atoms with van der Waals surface area (Å²) in [5.74, 6) is 1.91. The van der Waals surface area contributed by atoms with E-state index >= 15 is 0 Å². The highest BCUT2D eigenvalue weighted by Crippen LogP contribution is 2.50. The zero-order chi connectivity index (χ0) is 39.1. The highest BCUT2D eigenvalue weighted by Gasteiger charge is 2.26. The van der Waals surface area contributed by atoms with Gasteiger partial charge in [0.05, 0.1) is 11.0 Å². The van der Waals surface area contributed by atoms with Gasteiger partial charge in [0, 0.05) is 49.3 Å². The van der Waals surface area contributed by atoms with Crippen LogP contribution in [-0.4, -0.2) is 19.5 Å². The number of hydrogen-bond acceptors (Lipinski definition) is 4. The molecule has 5 nitrogen and oxygen atoms in total. The minimum Gasteiger partial charge on any atom is -0.456 e. The van der Waals surface area contributed by atoms with E-state index in [1.807, 2.05) is 0 Å². The maximum Gasteiger partial charge on any atom is 0.165 e. The number of hydrogen-bond donors (Lipinski definition) is 0. The van der Waals surface area contributed by atoms with Gasteiger partial charge in [0.2, 0.25) is 0 Å². The van der Waals surface area contributed by atoms with Gasteiger partial charge in [0.15, 0.2) is 17.5 Å². The molecule has 0 amide bonds. The molecule has 0 spiro atoms. The first-order valence-corrected chi connectivity index (χ1v) is 20.3. The van der Waals surface area contributed by atoms with Crippen molar-refractivity contribution >= 4 is 86.8 Å². The molecule has 0 saturated carbocycles. The summed E-state index contributed by atoms with van der Waals surface area (Å²) in [5.41, 5.74) is 10.6. The minimum atomic E-state index is 0.625. The van der Waals surface area contributed by atoms with Crippen LogP contribution in [-0.2, 0) is 0 Å². The highest BCUT2D eigenvalue weighted by atomic mass is 16.3. The lowest BCUT2D eigenvalue weighted by atomic mass is 9.96. The maximum atomic E-state index is 6.47. The quantitative estimate of drug-likeness (QED) is 0.168. The number of aromatic nitrogens is 4. The van der Waals surface area contributed by atoms with Crippen molar-refractivity contribution in [1.82, 2.24) is 19.5 Å². The van der Waals surface area contributed by atoms with Crippen molar-refractivity contribution in [2.45, 2.75) is 0 Å². The van der Waals surface area contributed by atoms with Crippen LogP contribution in [0, 0.1) is 0 Å². The van der Waals surface area contributed by atoms with E-state index in [9.17, 15) is 0 Å². The second kappa shape index (κ2) is 11.7. The Morgan fingerprint density at radius 2 is 0.950 bits per heavy atom. The number of benzene rings is 10. The molecule has 13 aromatic rings. The Kier molecular flexibility index (Phi) is 6.23. The van der Waals surface area contributed by atoms with Gasteiger partial charge in [-0.1, -0.05) is 121 Å². The van der Waals surface area contributed by atoms with Crippen LogP contribution >= 0.6 is 0 Å². The molecule has 14 rings (SSSR count). The molecule has 10 aromatic carbocycles. The molecule has 0 radical (unpaired) electrons. The van der Waals surface area contributed by atoms with Crippen LogP contribution in [0.1, 0.15) is 0 Å². The van der Waals surface area contributed by atoms with Crippen LogP contribution < -0.4 is 0 Å². The van der Waals surface area contributed by atoms with Crippen molar-refractivity contribution in [1.29, 1.82) is 0 Å². The van der Waals surface area contributed by atoms with E-state index in [0.29, 0.717) is 17.5 Å². The molecular weight excluding hydrogens is 733 g/mol. The number of nitrogens with zero attached hydrogens (tertiary/aromatic N) is 4. The van der Waals surface area contributed by atoms with E-state index < -0.39 is 0 Å². The fourth-order valence-corrected chi connectivity index (χ4v) is 10.1. The molecule has 0 fully saturated rings. The predicted molar refractivity (Wildman–Crippen MR) is 247 cm³/mol. The van der Waals surface area contributed by atoms with Gasteiger partial charge < -0.3 is 8.98 Å². The van der Waals surface area contributed by atoms with E-state index in [0.717, 1.165) is 66.0 Å². The molecular formula is C55H30N4O. The second-order valence-electron chi connectivity index (χ2n) is 15.9. The van der Waals surface area contributed by atoms with Crippen LogP contribution in [0.25, 0.3) is 138 Å². The lowest BCUT2D eigenvalue weighted by molar-refractivity contribution is 0.669. The van der Waals surface area contributed by atoms with Crippen LogP contribution in [0.15, 0.2) is 186 Å². The molecule has 3 heterocycles. The molecule has 0 N–H and O–H groups in total. The summed E-state index contributed by atoms with van der Waals surface area (Å²) in [6.45, 7) is 0. The molecule has 0 aliphatic heterocycles. The largest absolute Gasteiger partial charge is 0.456 e. The normalized spacial score (nSPS) is 12.3. The van der Waals surface area contributed by atoms with E-state index in [2.05, 4.69) is 187 Å². The molecule has 5 heteroatoms. The van der Waals surface area contributed by atoms with E-state index in [1.54, 1.807) is 0 Å². The lowest BCUT2D eigenvalue weighted by Crippen LogP contribution is -2.01. The van der Waals surface area contributed by atoms with Gasteiger partial charge in [-0.3, -0.25) is 0 Å². The first-order valence-electron chi connectivity index (χ1n) is 20.3. The Bertz CT molecular complexity index is 3950. The standard InChI is InChI=1S/C55H30N4O/c1-2-10-34-29-37(20-19-31(34)9-1)54-56-53(57-55(58-54)48-39-13-5-3-11-35(39)30-36-12-4-6-14-40(36)48)33-21-25-38(26-22-33)59-43-17-7-15-41-42-16-8-18-45-50(42)52-46(60-45)28-24-32-23-27-44(59)51(47(32)52)49(41)43/h1-30H. The highest BCUT2D eigenvalue weighted by molar-refractivity contribution is 6.37. The summed E-state index contributed by atoms with van der Waals surface area (Å²) in [7, 11) is 0. The molecule has 1 aliphatic rings. The smallest absolute Gasteiger partial charge is 0.165 e.